The highest BCUT2D eigenvalue weighted by atomic mass is 16.8. The van der Waals surface area contributed by atoms with Crippen molar-refractivity contribution in [1.82, 2.24) is 0 Å². The standard InChI is InChI=1S/C101H154O46/c1-32-33-117-66(103)89(19,38-119-68(105)90(20,40-121-67(104)88(18,36-118-65(102)64-34-132-80(2,3)133-35-64)37-125-73(110)95(25)50-134-81(4,5)135-51-95)41-122-70(107)92(22,44-126-74(111)96(26)52-136-82(6,7)137-53-96)45-127-75(112)97(27)54-138-83(8,9)139-55-97)39-120-69(106)91(21,42-123-71(108)93(23,46-128-76(113)98(28)56-140-84(10,11)141-57-98)47-129-77(114)99(29)58-142-85(12,13)143-59-99)43-124-72(109)94(24,48-130-78(115)100(30)60-144-86(14,15)145-61-100)49-131-79(116)101(31)62-146-87(16,17)147-63-101/h1,64H,33-63H2,2-31H3. The van der Waals surface area contributed by atoms with Crippen LogP contribution in [0.2, 0.25) is 0 Å². The summed E-state index contributed by atoms with van der Waals surface area (Å²) in [6, 6.07) is 0. The Kier molecular flexibility index (Phi) is 38.8. The van der Waals surface area contributed by atoms with E-state index >= 15 is 28.8 Å². The zero-order valence-electron chi connectivity index (χ0n) is 90.9. The maximum Gasteiger partial charge on any atom is 0.319 e. The van der Waals surface area contributed by atoms with Crippen molar-refractivity contribution >= 4 is 89.5 Å². The fourth-order valence-corrected chi connectivity index (χ4v) is 13.8. The molecule has 8 fully saturated rings. The van der Waals surface area contributed by atoms with Crippen LogP contribution in [0.5, 0.6) is 0 Å². The SMILES string of the molecule is C#CCOC(=O)C(C)(COC(=O)C(C)(COC(=O)C(C)(COC(=O)C1COC(C)(C)OC1)COC(=O)C1(C)COC(C)(C)OC1)COC(=O)C(C)(COC(=O)C1(C)COC(C)(C)OC1)COC(=O)C1(C)COC(C)(C)OC1)COC(=O)C(C)(COC(=O)C(C)(COC(=O)C1(C)COC(C)(C)OC1)COC(=O)C1(C)COC(C)(C)OC1)COC(=O)C(C)(COC(=O)C1(C)COC(C)(C)OC1)COC(=O)C1(C)COC(C)(C)OC1. The summed E-state index contributed by atoms with van der Waals surface area (Å²) in [5.74, 6) is -25.4. The predicted molar refractivity (Wildman–Crippen MR) is 498 cm³/mol. The lowest BCUT2D eigenvalue weighted by atomic mass is 9.88. The summed E-state index contributed by atoms with van der Waals surface area (Å²) in [4.78, 5) is 221. The highest BCUT2D eigenvalue weighted by Gasteiger charge is 2.58. The van der Waals surface area contributed by atoms with E-state index in [-0.39, 0.29) is 106 Å². The number of hydrogen-bond acceptors (Lipinski definition) is 46. The van der Waals surface area contributed by atoms with Crippen LogP contribution in [0, 0.1) is 94.1 Å². The molecule has 0 bridgehead atoms. The summed E-state index contributed by atoms with van der Waals surface area (Å²) < 4.78 is 181. The average Bonchev–Trinajstić information content (AvgIpc) is 0.801. The molecule has 0 aromatic heterocycles. The van der Waals surface area contributed by atoms with Crippen LogP contribution in [0.4, 0.5) is 0 Å². The van der Waals surface area contributed by atoms with Gasteiger partial charge in [0, 0.05) is 0 Å². The second kappa shape index (κ2) is 46.3. The summed E-state index contributed by atoms with van der Waals surface area (Å²) in [5, 5.41) is 0. The fourth-order valence-electron chi connectivity index (χ4n) is 13.8. The van der Waals surface area contributed by atoms with Gasteiger partial charge in [0.2, 0.25) is 0 Å². The van der Waals surface area contributed by atoms with Crippen molar-refractivity contribution in [1.29, 1.82) is 0 Å². The number of carbonyl (C=O) groups is 15. The van der Waals surface area contributed by atoms with E-state index in [4.69, 9.17) is 153 Å². The predicted octanol–water partition coefficient (Wildman–Crippen LogP) is 6.74. The molecule has 8 aliphatic heterocycles. The van der Waals surface area contributed by atoms with Gasteiger partial charge in [0.1, 0.15) is 174 Å². The minimum absolute atomic E-state index is 0.198. The van der Waals surface area contributed by atoms with Crippen LogP contribution >= 0.6 is 0 Å². The Morgan fingerprint density at radius 1 is 0.204 bits per heavy atom. The molecule has 3 atom stereocenters. The van der Waals surface area contributed by atoms with Gasteiger partial charge in [0.15, 0.2) is 52.9 Å². The lowest BCUT2D eigenvalue weighted by molar-refractivity contribution is -0.283. The molecule has 0 aromatic rings. The third-order valence-corrected chi connectivity index (χ3v) is 26.4. The molecule has 0 aliphatic carbocycles. The third kappa shape index (κ3) is 32.5. The normalized spacial score (nSPS) is 23.4. The summed E-state index contributed by atoms with van der Waals surface area (Å²) in [6.45, 7) is 24.7. The number of terminal acetylenes is 1. The first kappa shape index (κ1) is 123. The van der Waals surface area contributed by atoms with Gasteiger partial charge < -0.3 is 147 Å². The first-order valence-electron chi connectivity index (χ1n) is 48.5. The van der Waals surface area contributed by atoms with Gasteiger partial charge in [-0.25, -0.2) is 0 Å². The zero-order chi connectivity index (χ0) is 111. The van der Waals surface area contributed by atoms with Crippen LogP contribution in [-0.2, 0) is 219 Å². The monoisotopic (exact) mass is 2100 g/mol. The van der Waals surface area contributed by atoms with Gasteiger partial charge in [-0.2, -0.15) is 0 Å². The molecule has 0 amide bonds. The summed E-state index contributed by atoms with van der Waals surface area (Å²) in [7, 11) is 0. The molecule has 3 unspecified atom stereocenters. The number of carbonyl (C=O) groups excluding carboxylic acids is 15. The van der Waals surface area contributed by atoms with Gasteiger partial charge in [-0.05, 0) is 208 Å². The van der Waals surface area contributed by atoms with Crippen LogP contribution in [0.3, 0.4) is 0 Å². The zero-order valence-corrected chi connectivity index (χ0v) is 90.9. The molecule has 8 rings (SSSR count). The van der Waals surface area contributed by atoms with Gasteiger partial charge in [0.05, 0.1) is 106 Å². The molecule has 8 aliphatic rings. The van der Waals surface area contributed by atoms with Crippen LogP contribution < -0.4 is 0 Å². The Hall–Kier alpha value is -9.03. The molecule has 8 heterocycles. The first-order valence-corrected chi connectivity index (χ1v) is 48.5. The molecule has 0 saturated carbocycles. The van der Waals surface area contributed by atoms with Gasteiger partial charge in [0.25, 0.3) is 0 Å². The van der Waals surface area contributed by atoms with E-state index in [1.807, 2.05) is 0 Å². The van der Waals surface area contributed by atoms with E-state index in [1.54, 1.807) is 111 Å². The Balaban J connectivity index is 1.18. The molecule has 46 nitrogen and oxygen atoms in total. The van der Waals surface area contributed by atoms with Gasteiger partial charge in [-0.3, -0.25) is 71.9 Å². The summed E-state index contributed by atoms with van der Waals surface area (Å²) in [6.07, 6.45) is 5.65. The number of esters is 15. The Morgan fingerprint density at radius 3 is 0.469 bits per heavy atom. The molecular formula is C101H154O46. The topological polar surface area (TPSA) is 542 Å². The van der Waals surface area contributed by atoms with E-state index in [0.29, 0.717) is 0 Å². The maximum absolute atomic E-state index is 15.8. The van der Waals surface area contributed by atoms with Gasteiger partial charge in [-0.1, -0.05) is 5.92 Å². The average molecular weight is 2100 g/mol. The molecular weight excluding hydrogens is 1950 g/mol. The maximum atomic E-state index is 15.8. The van der Waals surface area contributed by atoms with Crippen LogP contribution in [0.15, 0.2) is 0 Å². The summed E-state index contributed by atoms with van der Waals surface area (Å²) in [5.41, 5.74) is -27.2. The van der Waals surface area contributed by atoms with Crippen molar-refractivity contribution in [3.8, 4) is 12.3 Å². The number of hydrogen-bond donors (Lipinski definition) is 0. The first-order chi connectivity index (χ1) is 67.2. The van der Waals surface area contributed by atoms with Crippen LogP contribution in [0.1, 0.15) is 208 Å². The minimum Gasteiger partial charge on any atom is -0.464 e. The molecule has 0 spiro atoms. The van der Waals surface area contributed by atoms with Crippen molar-refractivity contribution in [2.75, 3.05) is 205 Å². The number of ether oxygens (including phenoxy) is 31. The van der Waals surface area contributed by atoms with E-state index in [0.717, 1.165) is 20.8 Å². The second-order valence-electron chi connectivity index (χ2n) is 47.3. The highest BCUT2D eigenvalue weighted by Crippen LogP contribution is 2.43. The van der Waals surface area contributed by atoms with Crippen LogP contribution in [0.25, 0.3) is 0 Å². The molecule has 147 heavy (non-hydrogen) atoms. The van der Waals surface area contributed by atoms with Crippen molar-refractivity contribution in [3.05, 3.63) is 0 Å². The quantitative estimate of drug-likeness (QED) is 0.0346. The van der Waals surface area contributed by atoms with Crippen molar-refractivity contribution in [3.63, 3.8) is 0 Å². The van der Waals surface area contributed by atoms with E-state index in [1.165, 1.54) is 76.2 Å². The minimum atomic E-state index is -2.59. The molecule has 834 valence electrons. The highest BCUT2D eigenvalue weighted by molar-refractivity contribution is 5.87. The second-order valence-corrected chi connectivity index (χ2v) is 47.3. The van der Waals surface area contributed by atoms with E-state index in [9.17, 15) is 43.2 Å². The summed E-state index contributed by atoms with van der Waals surface area (Å²) >= 11 is 0. The van der Waals surface area contributed by atoms with E-state index < -0.39 is 317 Å². The Morgan fingerprint density at radius 2 is 0.327 bits per heavy atom. The van der Waals surface area contributed by atoms with Gasteiger partial charge >= 0.3 is 89.5 Å². The van der Waals surface area contributed by atoms with Crippen molar-refractivity contribution in [2.45, 2.75) is 254 Å². The number of rotatable bonds is 44. The molecule has 46 heteroatoms. The Bertz CT molecular complexity index is 4450. The van der Waals surface area contributed by atoms with E-state index in [2.05, 4.69) is 5.92 Å². The van der Waals surface area contributed by atoms with Crippen LogP contribution in [-0.4, -0.2) is 341 Å². The molecule has 0 aromatic carbocycles. The van der Waals surface area contributed by atoms with Crippen molar-refractivity contribution < 1.29 is 219 Å². The molecule has 0 radical (unpaired) electrons. The third-order valence-electron chi connectivity index (χ3n) is 26.4. The molecule has 8 saturated heterocycles. The van der Waals surface area contributed by atoms with Crippen molar-refractivity contribution in [2.24, 2.45) is 81.7 Å². The van der Waals surface area contributed by atoms with Gasteiger partial charge in [-0.15, -0.1) is 6.42 Å². The Labute approximate surface area is 857 Å². The smallest absolute Gasteiger partial charge is 0.319 e. The lowest BCUT2D eigenvalue weighted by Gasteiger charge is -2.41. The fraction of sp³-hybridized carbons (Fsp3) is 0.832. The lowest BCUT2D eigenvalue weighted by Crippen LogP contribution is -2.52. The molecule has 0 N–H and O–H groups in total. The largest absolute Gasteiger partial charge is 0.464 e.